The van der Waals surface area contributed by atoms with E-state index < -0.39 is 45.9 Å². The number of benzene rings is 2. The molecule has 3 atom stereocenters. The fraction of sp³-hybridized carbons (Fsp3) is 0.473. The number of carboxylic acid groups (broad SMARTS) is 1. The highest BCUT2D eigenvalue weighted by Gasteiger charge is 2.55. The van der Waals surface area contributed by atoms with Crippen molar-refractivity contribution in [3.63, 3.8) is 0 Å². The number of carbonyl (C=O) groups excluding carboxylic acids is 2. The maximum Gasteiger partial charge on any atom is 0.324 e. The van der Waals surface area contributed by atoms with Gasteiger partial charge in [-0.05, 0) is 56.5 Å². The quantitative estimate of drug-likeness (QED) is 0.0861. The summed E-state index contributed by atoms with van der Waals surface area (Å²) in [6, 6.07) is 27.8. The SMILES string of the molecule is CC(C)(C)OC(=O)CN1CCN(Cc2cccc(=O)n2OCc2ccccc2)CCN([C@@H](CCC(=O)O)C(=O)OC2(C(C)(C)C)C(Cl)=CC=CC2Cl)CCN(Cc2cccc(=O)n2OCc2ccccc2)CC1. The van der Waals surface area contributed by atoms with E-state index in [-0.39, 0.29) is 74.9 Å². The zero-order valence-electron chi connectivity index (χ0n) is 42.8. The van der Waals surface area contributed by atoms with E-state index in [1.807, 2.05) is 124 Å². The average molecular weight is 1050 g/mol. The molecule has 0 bridgehead atoms. The van der Waals surface area contributed by atoms with Crippen molar-refractivity contribution in [3.05, 3.63) is 164 Å². The van der Waals surface area contributed by atoms with Crippen LogP contribution in [-0.4, -0.2) is 134 Å². The maximum atomic E-state index is 15.1. The van der Waals surface area contributed by atoms with Crippen molar-refractivity contribution < 1.29 is 38.6 Å². The Morgan fingerprint density at radius 3 is 1.62 bits per heavy atom. The molecule has 2 aromatic heterocycles. The highest BCUT2D eigenvalue weighted by atomic mass is 35.5. The molecule has 3 heterocycles. The number of esters is 2. The summed E-state index contributed by atoms with van der Waals surface area (Å²) in [6.45, 7) is 14.5. The molecule has 0 saturated carbocycles. The maximum absolute atomic E-state index is 15.1. The molecule has 394 valence electrons. The molecule has 2 aliphatic rings. The highest BCUT2D eigenvalue weighted by molar-refractivity contribution is 6.33. The minimum absolute atomic E-state index is 0.00999. The van der Waals surface area contributed by atoms with Gasteiger partial charge in [0, 0.05) is 89.4 Å². The Hall–Kier alpha value is -5.75. The number of rotatable bonds is 18. The molecular weight excluding hydrogens is 976 g/mol. The second-order valence-electron chi connectivity index (χ2n) is 20.4. The first-order valence-electron chi connectivity index (χ1n) is 24.7. The normalized spacial score (nSPS) is 19.5. The van der Waals surface area contributed by atoms with Gasteiger partial charge in [-0.1, -0.05) is 117 Å². The third-order valence-electron chi connectivity index (χ3n) is 12.8. The van der Waals surface area contributed by atoms with E-state index >= 15 is 4.79 Å². The number of aliphatic carboxylic acids is 1. The van der Waals surface area contributed by atoms with E-state index in [1.54, 1.807) is 30.4 Å². The number of pyridine rings is 2. The average Bonchev–Trinajstić information content (AvgIpc) is 3.32. The monoisotopic (exact) mass is 1040 g/mol. The predicted molar refractivity (Wildman–Crippen MR) is 281 cm³/mol. The van der Waals surface area contributed by atoms with Gasteiger partial charge >= 0.3 is 17.9 Å². The number of carbonyl (C=O) groups is 3. The molecule has 73 heavy (non-hydrogen) atoms. The number of alkyl halides is 1. The number of nitrogens with zero attached hydrogens (tertiary/aromatic N) is 6. The zero-order valence-corrected chi connectivity index (χ0v) is 44.3. The Bertz CT molecular complexity index is 2530. The molecule has 16 nitrogen and oxygen atoms in total. The van der Waals surface area contributed by atoms with E-state index in [9.17, 15) is 24.3 Å². The Kier molecular flexibility index (Phi) is 20.1. The molecule has 2 aromatic carbocycles. The Morgan fingerprint density at radius 2 is 1.16 bits per heavy atom. The fourth-order valence-corrected chi connectivity index (χ4v) is 10.1. The summed E-state index contributed by atoms with van der Waals surface area (Å²) in [4.78, 5) is 88.4. The van der Waals surface area contributed by atoms with E-state index in [2.05, 4.69) is 9.80 Å². The smallest absolute Gasteiger partial charge is 0.324 e. The van der Waals surface area contributed by atoms with Crippen LogP contribution in [0.2, 0.25) is 0 Å². The molecule has 2 unspecified atom stereocenters. The van der Waals surface area contributed by atoms with Crippen molar-refractivity contribution in [2.75, 3.05) is 58.9 Å². The van der Waals surface area contributed by atoms with Gasteiger partial charge in [0.25, 0.3) is 11.1 Å². The standard InChI is InChI=1S/C55H70Cl2N6O10/c1-53(2,3)55(46(56)22-15-23-47(55)57)73-52(69)45(26-27-50(66)67)61-34-32-58(36-43-20-13-24-48(64)62(43)70-39-41-16-9-7-10-17-41)28-30-60(38-51(68)72-54(4,5)6)31-29-59(33-35-61)37-44-21-14-25-49(65)63(44)71-40-42-18-11-8-12-19-42/h7-25,45-46H,26-40H2,1-6H3,(H,66,67)/t45-,46?,55?/m0/s1. The number of hydrogen-bond donors (Lipinski definition) is 1. The minimum Gasteiger partial charge on any atom is -0.481 e. The summed E-state index contributed by atoms with van der Waals surface area (Å²) in [7, 11) is 0. The van der Waals surface area contributed by atoms with Gasteiger partial charge in [0.1, 0.15) is 24.9 Å². The van der Waals surface area contributed by atoms with Crippen LogP contribution in [-0.2, 0) is 50.2 Å². The van der Waals surface area contributed by atoms with Crippen LogP contribution in [0, 0.1) is 5.41 Å². The molecule has 1 aliphatic heterocycles. The van der Waals surface area contributed by atoms with Crippen molar-refractivity contribution in [3.8, 4) is 0 Å². The summed E-state index contributed by atoms with van der Waals surface area (Å²) in [5.74, 6) is -2.17. The number of aromatic nitrogens is 2. The number of carboxylic acids is 1. The summed E-state index contributed by atoms with van der Waals surface area (Å²) >= 11 is 14.0. The summed E-state index contributed by atoms with van der Waals surface area (Å²) in [6.07, 6.45) is 4.65. The molecular formula is C55H70Cl2N6O10. The van der Waals surface area contributed by atoms with Crippen molar-refractivity contribution >= 4 is 41.1 Å². The topological polar surface area (TPSA) is 165 Å². The lowest BCUT2D eigenvalue weighted by Gasteiger charge is -2.48. The first-order valence-corrected chi connectivity index (χ1v) is 25.6. The van der Waals surface area contributed by atoms with Crippen molar-refractivity contribution in [2.24, 2.45) is 5.41 Å². The Balaban J connectivity index is 1.39. The van der Waals surface area contributed by atoms with Gasteiger partial charge < -0.3 is 24.3 Å². The van der Waals surface area contributed by atoms with Gasteiger partial charge in [0.2, 0.25) is 0 Å². The van der Waals surface area contributed by atoms with Crippen LogP contribution in [0.3, 0.4) is 0 Å². The van der Waals surface area contributed by atoms with Crippen LogP contribution in [0.1, 0.15) is 76.9 Å². The second-order valence-corrected chi connectivity index (χ2v) is 21.3. The fourth-order valence-electron chi connectivity index (χ4n) is 8.94. The third kappa shape index (κ3) is 16.1. The van der Waals surface area contributed by atoms with Crippen molar-refractivity contribution in [1.29, 1.82) is 0 Å². The van der Waals surface area contributed by atoms with Gasteiger partial charge in [0.15, 0.2) is 5.60 Å². The molecule has 6 rings (SSSR count). The van der Waals surface area contributed by atoms with Gasteiger partial charge in [-0.25, -0.2) is 0 Å². The lowest BCUT2D eigenvalue weighted by atomic mass is 9.72. The second kappa shape index (κ2) is 26.0. The summed E-state index contributed by atoms with van der Waals surface area (Å²) in [5, 5.41) is 9.51. The van der Waals surface area contributed by atoms with E-state index in [0.29, 0.717) is 50.7 Å². The zero-order chi connectivity index (χ0) is 52.8. The van der Waals surface area contributed by atoms with Crippen LogP contribution in [0.25, 0.3) is 0 Å². The molecule has 4 aromatic rings. The molecule has 0 spiro atoms. The number of hydrogen-bond acceptors (Lipinski definition) is 13. The van der Waals surface area contributed by atoms with Crippen molar-refractivity contribution in [1.82, 2.24) is 29.1 Å². The van der Waals surface area contributed by atoms with Gasteiger partial charge in [-0.3, -0.25) is 43.6 Å². The molecule has 1 N–H and O–H groups in total. The number of allylic oxidation sites excluding steroid dienone is 2. The van der Waals surface area contributed by atoms with Crippen LogP contribution in [0.5, 0.6) is 0 Å². The van der Waals surface area contributed by atoms with Gasteiger partial charge in [-0.15, -0.1) is 21.1 Å². The molecule has 0 radical (unpaired) electrons. The van der Waals surface area contributed by atoms with Gasteiger partial charge in [0.05, 0.1) is 28.3 Å². The van der Waals surface area contributed by atoms with Crippen LogP contribution in [0.15, 0.2) is 130 Å². The van der Waals surface area contributed by atoms with Crippen LogP contribution >= 0.6 is 23.2 Å². The lowest BCUT2D eigenvalue weighted by molar-refractivity contribution is -0.172. The summed E-state index contributed by atoms with van der Waals surface area (Å²) < 4.78 is 15.0. The molecule has 18 heteroatoms. The van der Waals surface area contributed by atoms with E-state index in [0.717, 1.165) is 11.1 Å². The van der Waals surface area contributed by atoms with E-state index in [1.165, 1.54) is 21.6 Å². The van der Waals surface area contributed by atoms with Crippen LogP contribution < -0.4 is 20.8 Å². The molecule has 1 aliphatic carbocycles. The predicted octanol–water partition coefficient (Wildman–Crippen LogP) is 6.39. The third-order valence-corrected chi connectivity index (χ3v) is 13.6. The number of halogens is 2. The lowest BCUT2D eigenvalue weighted by Crippen LogP contribution is -2.58. The van der Waals surface area contributed by atoms with Gasteiger partial charge in [-0.2, -0.15) is 0 Å². The highest BCUT2D eigenvalue weighted by Crippen LogP contribution is 2.48. The Labute approximate surface area is 438 Å². The molecule has 0 amide bonds. The van der Waals surface area contributed by atoms with E-state index in [4.69, 9.17) is 42.4 Å². The van der Waals surface area contributed by atoms with Crippen LogP contribution in [0.4, 0.5) is 0 Å². The molecule has 1 saturated heterocycles. The largest absolute Gasteiger partial charge is 0.481 e. The minimum atomic E-state index is -1.49. The van der Waals surface area contributed by atoms with Crippen molar-refractivity contribution in [2.45, 2.75) is 103 Å². The Morgan fingerprint density at radius 1 is 0.685 bits per heavy atom. The first-order chi connectivity index (χ1) is 34.7. The number of ether oxygens (including phenoxy) is 2. The molecule has 1 fully saturated rings. The first kappa shape index (κ1) is 56.5. The summed E-state index contributed by atoms with van der Waals surface area (Å²) in [5.41, 5.74) is -0.802.